The van der Waals surface area contributed by atoms with Crippen LogP contribution in [0.3, 0.4) is 0 Å². The fourth-order valence-corrected chi connectivity index (χ4v) is 2.85. The Morgan fingerprint density at radius 3 is 3.06 bits per heavy atom. The molecule has 0 amide bonds. The predicted octanol–water partition coefficient (Wildman–Crippen LogP) is 2.19. The fraction of sp³-hybridized carbons (Fsp3) is 0.545. The lowest BCUT2D eigenvalue weighted by molar-refractivity contribution is 0.229. The minimum atomic E-state index is 0.379. The van der Waals surface area contributed by atoms with E-state index < -0.39 is 0 Å². The molecule has 3 heterocycles. The first kappa shape index (κ1) is 10.6. The Labute approximate surface area is 105 Å². The molecule has 2 aliphatic rings. The largest absolute Gasteiger partial charge is 0.365 e. The fourth-order valence-electron chi connectivity index (χ4n) is 2.59. The van der Waals surface area contributed by atoms with Crippen molar-refractivity contribution in [3.05, 3.63) is 22.4 Å². The molecule has 3 rings (SSSR count). The van der Waals surface area contributed by atoms with Crippen LogP contribution in [0.5, 0.6) is 0 Å². The Morgan fingerprint density at radius 2 is 2.31 bits per heavy atom. The van der Waals surface area contributed by atoms with Crippen LogP contribution < -0.4 is 10.2 Å². The predicted molar refractivity (Wildman–Crippen MR) is 66.4 cm³/mol. The topological polar surface area (TPSA) is 28.2 Å². The number of piperidine rings is 1. The molecule has 0 saturated carbocycles. The Hall–Kier alpha value is -0.510. The molecular formula is C11H13Cl2N3. The molecule has 2 saturated heterocycles. The first-order valence-electron chi connectivity index (χ1n) is 5.54. The summed E-state index contributed by atoms with van der Waals surface area (Å²) < 4.78 is 0. The number of nitrogens with zero attached hydrogens (tertiary/aromatic N) is 2. The van der Waals surface area contributed by atoms with Gasteiger partial charge < -0.3 is 10.2 Å². The van der Waals surface area contributed by atoms with E-state index in [1.165, 1.54) is 6.42 Å². The molecule has 0 unspecified atom stereocenters. The number of anilines is 1. The van der Waals surface area contributed by atoms with Gasteiger partial charge in [-0.05, 0) is 24.9 Å². The van der Waals surface area contributed by atoms with Crippen LogP contribution in [-0.4, -0.2) is 30.7 Å². The summed E-state index contributed by atoms with van der Waals surface area (Å²) >= 11 is 11.8. The lowest BCUT2D eigenvalue weighted by Crippen LogP contribution is -2.63. The quantitative estimate of drug-likeness (QED) is 0.782. The maximum atomic E-state index is 5.98. The molecule has 0 spiro atoms. The third-order valence-corrected chi connectivity index (χ3v) is 4.22. The van der Waals surface area contributed by atoms with Crippen LogP contribution in [0.2, 0.25) is 10.2 Å². The zero-order valence-corrected chi connectivity index (χ0v) is 10.3. The van der Waals surface area contributed by atoms with Gasteiger partial charge in [0, 0.05) is 19.1 Å². The second-order valence-electron chi connectivity index (χ2n) is 4.44. The maximum absolute atomic E-state index is 5.98. The second-order valence-corrected chi connectivity index (χ2v) is 5.20. The highest BCUT2D eigenvalue weighted by atomic mass is 35.5. The third-order valence-electron chi connectivity index (χ3n) is 3.53. The number of aromatic nitrogens is 1. The monoisotopic (exact) mass is 257 g/mol. The highest BCUT2D eigenvalue weighted by Crippen LogP contribution is 2.35. The van der Waals surface area contributed by atoms with E-state index in [0.29, 0.717) is 16.2 Å². The third kappa shape index (κ3) is 1.67. The van der Waals surface area contributed by atoms with Crippen molar-refractivity contribution in [1.29, 1.82) is 0 Å². The lowest BCUT2D eigenvalue weighted by atomic mass is 9.83. The van der Waals surface area contributed by atoms with Gasteiger partial charge in [-0.15, -0.1) is 0 Å². The Bertz CT molecular complexity index is 410. The molecular weight excluding hydrogens is 245 g/mol. The Morgan fingerprint density at radius 1 is 1.44 bits per heavy atom. The number of hydrogen-bond acceptors (Lipinski definition) is 3. The van der Waals surface area contributed by atoms with E-state index in [9.17, 15) is 0 Å². The van der Waals surface area contributed by atoms with Gasteiger partial charge in [0.05, 0.1) is 16.9 Å². The number of fused-ring (bicyclic) bond motifs is 1. The summed E-state index contributed by atoms with van der Waals surface area (Å²) in [7, 11) is 0. The smallest absolute Gasteiger partial charge is 0.147 e. The van der Waals surface area contributed by atoms with Gasteiger partial charge in [-0.3, -0.25) is 0 Å². The van der Waals surface area contributed by atoms with Gasteiger partial charge in [0.25, 0.3) is 0 Å². The number of rotatable bonds is 1. The number of nitrogens with one attached hydrogen (secondary N) is 1. The molecule has 2 atom stereocenters. The maximum Gasteiger partial charge on any atom is 0.147 e. The van der Waals surface area contributed by atoms with Crippen LogP contribution in [0.25, 0.3) is 0 Å². The SMILES string of the molecule is Clc1cc(N2C[C@H]3CCNC[C@H]32)cnc1Cl. The van der Waals surface area contributed by atoms with Crippen molar-refractivity contribution in [2.24, 2.45) is 5.92 Å². The molecule has 0 radical (unpaired) electrons. The van der Waals surface area contributed by atoms with E-state index in [0.717, 1.165) is 31.2 Å². The van der Waals surface area contributed by atoms with Crippen molar-refractivity contribution in [2.75, 3.05) is 24.5 Å². The molecule has 1 aromatic heterocycles. The van der Waals surface area contributed by atoms with Crippen LogP contribution in [0, 0.1) is 5.92 Å². The molecule has 0 bridgehead atoms. The normalized spacial score (nSPS) is 28.5. The van der Waals surface area contributed by atoms with Gasteiger partial charge in [0.1, 0.15) is 5.15 Å². The number of halogens is 2. The van der Waals surface area contributed by atoms with Crippen molar-refractivity contribution < 1.29 is 0 Å². The first-order chi connectivity index (χ1) is 7.75. The molecule has 0 aliphatic carbocycles. The first-order valence-corrected chi connectivity index (χ1v) is 6.29. The van der Waals surface area contributed by atoms with Gasteiger partial charge in [0.2, 0.25) is 0 Å². The van der Waals surface area contributed by atoms with Crippen LogP contribution >= 0.6 is 23.2 Å². The van der Waals surface area contributed by atoms with E-state index in [2.05, 4.69) is 15.2 Å². The van der Waals surface area contributed by atoms with E-state index in [1.807, 2.05) is 6.07 Å². The summed E-state index contributed by atoms with van der Waals surface area (Å²) in [6.45, 7) is 3.32. The molecule has 0 aromatic carbocycles. The molecule has 86 valence electrons. The number of pyridine rings is 1. The zero-order valence-electron chi connectivity index (χ0n) is 8.79. The minimum absolute atomic E-state index is 0.379. The van der Waals surface area contributed by atoms with Crippen LogP contribution in [0.4, 0.5) is 5.69 Å². The van der Waals surface area contributed by atoms with Gasteiger partial charge in [-0.25, -0.2) is 4.98 Å². The van der Waals surface area contributed by atoms with Crippen molar-refractivity contribution in [3.8, 4) is 0 Å². The van der Waals surface area contributed by atoms with Crippen molar-refractivity contribution in [1.82, 2.24) is 10.3 Å². The summed E-state index contributed by atoms with van der Waals surface area (Å²) in [5.41, 5.74) is 1.08. The molecule has 1 aromatic rings. The summed E-state index contributed by atoms with van der Waals surface area (Å²) in [4.78, 5) is 6.44. The standard InChI is InChI=1S/C11H13Cl2N3/c12-9-3-8(4-15-11(9)13)16-6-7-1-2-14-5-10(7)16/h3-4,7,10,14H,1-2,5-6H2/t7-,10-/m1/s1. The lowest BCUT2D eigenvalue weighted by Gasteiger charge is -2.52. The highest BCUT2D eigenvalue weighted by Gasteiger charge is 2.40. The summed E-state index contributed by atoms with van der Waals surface area (Å²) in [5.74, 6) is 0.829. The van der Waals surface area contributed by atoms with Crippen LogP contribution in [-0.2, 0) is 0 Å². The van der Waals surface area contributed by atoms with Crippen molar-refractivity contribution >= 4 is 28.9 Å². The second kappa shape index (κ2) is 4.06. The van der Waals surface area contributed by atoms with Gasteiger partial charge in [0.15, 0.2) is 0 Å². The van der Waals surface area contributed by atoms with E-state index in [4.69, 9.17) is 23.2 Å². The average Bonchev–Trinajstić information content (AvgIpc) is 2.25. The Balaban J connectivity index is 1.80. The summed E-state index contributed by atoms with van der Waals surface area (Å²) in [6.07, 6.45) is 3.08. The van der Waals surface area contributed by atoms with Crippen LogP contribution in [0.15, 0.2) is 12.3 Å². The molecule has 2 aliphatic heterocycles. The Kier molecular flexibility index (Phi) is 2.70. The van der Waals surface area contributed by atoms with Gasteiger partial charge in [-0.2, -0.15) is 0 Å². The summed E-state index contributed by atoms with van der Waals surface area (Å²) in [5, 5.41) is 4.33. The van der Waals surface area contributed by atoms with E-state index >= 15 is 0 Å². The number of hydrogen-bond donors (Lipinski definition) is 1. The van der Waals surface area contributed by atoms with Gasteiger partial charge in [-0.1, -0.05) is 23.2 Å². The molecule has 5 heteroatoms. The van der Waals surface area contributed by atoms with Crippen LogP contribution in [0.1, 0.15) is 6.42 Å². The minimum Gasteiger partial charge on any atom is -0.365 e. The van der Waals surface area contributed by atoms with Crippen molar-refractivity contribution in [2.45, 2.75) is 12.5 Å². The molecule has 3 nitrogen and oxygen atoms in total. The molecule has 2 fully saturated rings. The van der Waals surface area contributed by atoms with Crippen molar-refractivity contribution in [3.63, 3.8) is 0 Å². The zero-order chi connectivity index (χ0) is 11.1. The van der Waals surface area contributed by atoms with Gasteiger partial charge >= 0.3 is 0 Å². The van der Waals surface area contributed by atoms with E-state index in [1.54, 1.807) is 6.20 Å². The molecule has 16 heavy (non-hydrogen) atoms. The summed E-state index contributed by atoms with van der Waals surface area (Å²) in [6, 6.07) is 2.51. The van der Waals surface area contributed by atoms with E-state index in [-0.39, 0.29) is 0 Å². The average molecular weight is 258 g/mol. The highest BCUT2D eigenvalue weighted by molar-refractivity contribution is 6.41. The molecule has 1 N–H and O–H groups in total.